The van der Waals surface area contributed by atoms with Gasteiger partial charge in [-0.15, -0.1) is 0 Å². The van der Waals surface area contributed by atoms with Crippen LogP contribution in [0.15, 0.2) is 47.3 Å². The summed E-state index contributed by atoms with van der Waals surface area (Å²) < 4.78 is 5.38. The second-order valence-electron chi connectivity index (χ2n) is 4.34. The lowest BCUT2D eigenvalue weighted by Crippen LogP contribution is -2.26. The molecule has 0 unspecified atom stereocenters. The van der Waals surface area contributed by atoms with Gasteiger partial charge in [0.05, 0.1) is 12.1 Å². The smallest absolute Gasteiger partial charge is 0.257 e. The highest BCUT2D eigenvalue weighted by atomic mass is 16.3. The Morgan fingerprint density at radius 3 is 3.05 bits per heavy atom. The fourth-order valence-electron chi connectivity index (χ4n) is 2.03. The van der Waals surface area contributed by atoms with Gasteiger partial charge in [0.15, 0.2) is 0 Å². The molecule has 0 aliphatic rings. The molecule has 0 aliphatic carbocycles. The van der Waals surface area contributed by atoms with Crippen LogP contribution < -0.4 is 0 Å². The second-order valence-corrected chi connectivity index (χ2v) is 4.34. The van der Waals surface area contributed by atoms with Gasteiger partial charge in [-0.25, -0.2) is 4.98 Å². The fourth-order valence-corrected chi connectivity index (χ4v) is 2.03. The number of nitrogens with zero attached hydrogens (tertiary/aromatic N) is 2. The van der Waals surface area contributed by atoms with Gasteiger partial charge >= 0.3 is 0 Å². The van der Waals surface area contributed by atoms with Crippen molar-refractivity contribution in [2.24, 2.45) is 0 Å². The molecular weight excluding hydrogens is 242 g/mol. The monoisotopic (exact) mass is 255 g/mol. The molecule has 1 aromatic carbocycles. The first-order valence-corrected chi connectivity index (χ1v) is 5.95. The molecule has 0 aliphatic heterocycles. The van der Waals surface area contributed by atoms with Crippen molar-refractivity contribution in [1.29, 1.82) is 0 Å². The first-order valence-electron chi connectivity index (χ1n) is 5.95. The molecule has 0 atom stereocenters. The van der Waals surface area contributed by atoms with E-state index in [1.54, 1.807) is 24.3 Å². The summed E-state index contributed by atoms with van der Waals surface area (Å²) in [6.07, 6.45) is 4.91. The maximum absolute atomic E-state index is 12.4. The third-order valence-electron chi connectivity index (χ3n) is 3.00. The van der Waals surface area contributed by atoms with Gasteiger partial charge in [0.25, 0.3) is 5.91 Å². The van der Waals surface area contributed by atoms with E-state index in [4.69, 9.17) is 4.42 Å². The number of carbonyl (C=O) groups is 1. The maximum atomic E-state index is 12.4. The van der Waals surface area contributed by atoms with Crippen LogP contribution >= 0.6 is 0 Å². The highest BCUT2D eigenvalue weighted by molar-refractivity contribution is 6.05. The summed E-state index contributed by atoms with van der Waals surface area (Å²) in [5.74, 6) is 0.671. The van der Waals surface area contributed by atoms with Gasteiger partial charge in [0, 0.05) is 24.8 Å². The zero-order valence-electron chi connectivity index (χ0n) is 10.5. The highest BCUT2D eigenvalue weighted by Gasteiger charge is 2.17. The molecule has 0 bridgehead atoms. The van der Waals surface area contributed by atoms with Crippen molar-refractivity contribution in [3.8, 4) is 0 Å². The number of amides is 1. The van der Waals surface area contributed by atoms with E-state index in [0.717, 1.165) is 16.8 Å². The molecular formula is C14H13N3O2. The summed E-state index contributed by atoms with van der Waals surface area (Å²) in [6.45, 7) is 0.436. The third-order valence-corrected chi connectivity index (χ3v) is 3.00. The van der Waals surface area contributed by atoms with Crippen LogP contribution in [0, 0.1) is 0 Å². The summed E-state index contributed by atoms with van der Waals surface area (Å²) in [4.78, 5) is 21.1. The van der Waals surface area contributed by atoms with E-state index < -0.39 is 0 Å². The van der Waals surface area contributed by atoms with Gasteiger partial charge in [0.1, 0.15) is 17.7 Å². The lowest BCUT2D eigenvalue weighted by atomic mass is 10.1. The minimum atomic E-state index is -0.0821. The van der Waals surface area contributed by atoms with Crippen LogP contribution in [0.4, 0.5) is 0 Å². The Labute approximate surface area is 109 Å². The predicted octanol–water partition coefficient (Wildman–Crippen LogP) is 2.43. The quantitative estimate of drug-likeness (QED) is 0.781. The molecule has 3 aromatic rings. The van der Waals surface area contributed by atoms with Crippen LogP contribution in [0.1, 0.15) is 16.2 Å². The topological polar surface area (TPSA) is 62.1 Å². The molecule has 0 radical (unpaired) electrons. The van der Waals surface area contributed by atoms with Crippen LogP contribution in [0.2, 0.25) is 0 Å². The Kier molecular flexibility index (Phi) is 2.79. The number of rotatable bonds is 3. The van der Waals surface area contributed by atoms with Crippen molar-refractivity contribution in [3.05, 3.63) is 54.3 Å². The molecule has 1 amide bonds. The number of fused-ring (bicyclic) bond motifs is 1. The normalized spacial score (nSPS) is 10.8. The number of hydrogen-bond donors (Lipinski definition) is 1. The maximum Gasteiger partial charge on any atom is 0.257 e. The van der Waals surface area contributed by atoms with Crippen LogP contribution in [-0.2, 0) is 6.54 Å². The van der Waals surface area contributed by atoms with Crippen molar-refractivity contribution < 1.29 is 9.21 Å². The number of carbonyl (C=O) groups excluding carboxylic acids is 1. The van der Waals surface area contributed by atoms with Crippen LogP contribution in [0.3, 0.4) is 0 Å². The zero-order chi connectivity index (χ0) is 13.2. The van der Waals surface area contributed by atoms with Crippen LogP contribution in [0.25, 0.3) is 11.0 Å². The zero-order valence-corrected chi connectivity index (χ0v) is 10.5. The molecule has 3 rings (SSSR count). The van der Waals surface area contributed by atoms with E-state index in [9.17, 15) is 4.79 Å². The largest absolute Gasteiger partial charge is 0.463 e. The number of H-pyrrole nitrogens is 1. The molecule has 0 saturated carbocycles. The number of hydrogen-bond acceptors (Lipinski definition) is 3. The first-order chi connectivity index (χ1) is 9.25. The van der Waals surface area contributed by atoms with Gasteiger partial charge in [-0.3, -0.25) is 4.79 Å². The van der Waals surface area contributed by atoms with Gasteiger partial charge in [-0.2, -0.15) is 0 Å². The van der Waals surface area contributed by atoms with Crippen molar-refractivity contribution >= 4 is 16.9 Å². The molecule has 0 spiro atoms. The molecule has 5 nitrogen and oxygen atoms in total. The van der Waals surface area contributed by atoms with Crippen molar-refractivity contribution in [2.45, 2.75) is 6.54 Å². The van der Waals surface area contributed by atoms with E-state index in [2.05, 4.69) is 9.97 Å². The lowest BCUT2D eigenvalue weighted by molar-refractivity contribution is 0.0783. The summed E-state index contributed by atoms with van der Waals surface area (Å²) >= 11 is 0. The van der Waals surface area contributed by atoms with Crippen molar-refractivity contribution in [3.63, 3.8) is 0 Å². The Hall–Kier alpha value is -2.56. The average Bonchev–Trinajstić information content (AvgIpc) is 3.06. The summed E-state index contributed by atoms with van der Waals surface area (Å²) in [7, 11) is 1.74. The van der Waals surface area contributed by atoms with E-state index in [0.29, 0.717) is 12.1 Å². The Morgan fingerprint density at radius 2 is 2.26 bits per heavy atom. The molecule has 0 saturated heterocycles. The van der Waals surface area contributed by atoms with Gasteiger partial charge in [-0.1, -0.05) is 18.2 Å². The SMILES string of the molecule is CN(Cc1ncc[nH]1)C(=O)c1coc2ccccc12. The fraction of sp³-hybridized carbons (Fsp3) is 0.143. The third kappa shape index (κ3) is 2.10. The number of imidazole rings is 1. The number of nitrogens with one attached hydrogen (secondary N) is 1. The molecule has 2 aromatic heterocycles. The van der Waals surface area contributed by atoms with E-state index in [1.165, 1.54) is 6.26 Å². The Balaban J connectivity index is 1.87. The Morgan fingerprint density at radius 1 is 1.42 bits per heavy atom. The number of aromatic amines is 1. The summed E-state index contributed by atoms with van der Waals surface area (Å²) in [6, 6.07) is 7.50. The molecule has 5 heteroatoms. The first kappa shape index (κ1) is 11.5. The van der Waals surface area contributed by atoms with Crippen molar-refractivity contribution in [2.75, 3.05) is 7.05 Å². The number of benzene rings is 1. The molecule has 96 valence electrons. The van der Waals surface area contributed by atoms with Crippen molar-refractivity contribution in [1.82, 2.24) is 14.9 Å². The summed E-state index contributed by atoms with van der Waals surface area (Å²) in [5.41, 5.74) is 1.29. The predicted molar refractivity (Wildman–Crippen MR) is 70.6 cm³/mol. The van der Waals surface area contributed by atoms with E-state index in [-0.39, 0.29) is 5.91 Å². The van der Waals surface area contributed by atoms with Gasteiger partial charge in [0.2, 0.25) is 0 Å². The van der Waals surface area contributed by atoms with Gasteiger partial charge in [-0.05, 0) is 6.07 Å². The lowest BCUT2D eigenvalue weighted by Gasteiger charge is -2.14. The van der Waals surface area contributed by atoms with Crippen LogP contribution in [0.5, 0.6) is 0 Å². The summed E-state index contributed by atoms with van der Waals surface area (Å²) in [5, 5.41) is 0.832. The minimum Gasteiger partial charge on any atom is -0.463 e. The van der Waals surface area contributed by atoms with Gasteiger partial charge < -0.3 is 14.3 Å². The average molecular weight is 255 g/mol. The standard InChI is InChI=1S/C14H13N3O2/c1-17(8-13-15-6-7-16-13)14(18)11-9-19-12-5-3-2-4-10(11)12/h2-7,9H,8H2,1H3,(H,15,16). The number of furan rings is 1. The highest BCUT2D eigenvalue weighted by Crippen LogP contribution is 2.22. The van der Waals surface area contributed by atoms with Crippen LogP contribution in [-0.4, -0.2) is 27.8 Å². The molecule has 19 heavy (non-hydrogen) atoms. The van der Waals surface area contributed by atoms with E-state index >= 15 is 0 Å². The number of aromatic nitrogens is 2. The van der Waals surface area contributed by atoms with E-state index in [1.807, 2.05) is 24.3 Å². The molecule has 2 heterocycles. The molecule has 1 N–H and O–H groups in total. The second kappa shape index (κ2) is 4.61. The minimum absolute atomic E-state index is 0.0821. The number of para-hydroxylation sites is 1. The molecule has 0 fully saturated rings. The Bertz CT molecular complexity index is 700.